The maximum absolute atomic E-state index is 13.0. The van der Waals surface area contributed by atoms with Crippen molar-refractivity contribution >= 4 is 29.2 Å². The Morgan fingerprint density at radius 3 is 2.63 bits per heavy atom. The van der Waals surface area contributed by atoms with Gasteiger partial charge in [0.25, 0.3) is 0 Å². The van der Waals surface area contributed by atoms with Crippen molar-refractivity contribution in [2.45, 2.75) is 71.1 Å². The van der Waals surface area contributed by atoms with E-state index in [0.717, 1.165) is 36.1 Å². The van der Waals surface area contributed by atoms with E-state index in [0.29, 0.717) is 33.8 Å². The number of aliphatic carboxylic acids is 1. The summed E-state index contributed by atoms with van der Waals surface area (Å²) in [6.07, 6.45) is 2.96. The van der Waals surface area contributed by atoms with Crippen LogP contribution in [0.5, 0.6) is 0 Å². The van der Waals surface area contributed by atoms with Gasteiger partial charge in [-0.25, -0.2) is 0 Å². The van der Waals surface area contributed by atoms with Crippen molar-refractivity contribution in [1.82, 2.24) is 10.3 Å². The third-order valence-electron chi connectivity index (χ3n) is 6.07. The summed E-state index contributed by atoms with van der Waals surface area (Å²) >= 11 is 6.27. The minimum Gasteiger partial charge on any atom is -0.481 e. The first-order chi connectivity index (χ1) is 16.7. The van der Waals surface area contributed by atoms with Crippen molar-refractivity contribution in [3.63, 3.8) is 0 Å². The molecule has 0 unspecified atom stereocenters. The molecule has 9 heteroatoms. The van der Waals surface area contributed by atoms with E-state index in [1.807, 2.05) is 19.1 Å². The lowest BCUT2D eigenvalue weighted by molar-refractivity contribution is -0.137. The highest BCUT2D eigenvalue weighted by Gasteiger charge is 2.37. The average molecular weight is 500 g/mol. The Hall–Kier alpha value is -3.13. The average Bonchev–Trinajstić information content (AvgIpc) is 3.36. The number of carboxylic acid groups (broad SMARTS) is 1. The highest BCUT2D eigenvalue weighted by Crippen LogP contribution is 2.49. The van der Waals surface area contributed by atoms with Gasteiger partial charge in [-0.2, -0.15) is 0 Å². The molecule has 1 amide bonds. The number of carbonyl (C=O) groups is 2. The van der Waals surface area contributed by atoms with Crippen LogP contribution in [-0.2, 0) is 16.0 Å². The van der Waals surface area contributed by atoms with Crippen molar-refractivity contribution in [3.05, 3.63) is 51.8 Å². The third kappa shape index (κ3) is 6.31. The van der Waals surface area contributed by atoms with Crippen LogP contribution in [-0.4, -0.2) is 27.3 Å². The zero-order valence-electron chi connectivity index (χ0n) is 20.1. The predicted octanol–water partition coefficient (Wildman–Crippen LogP) is 6.34. The molecule has 1 atom stereocenters. The summed E-state index contributed by atoms with van der Waals surface area (Å²) in [4.78, 5) is 24.3. The fraction of sp³-hybridized carbons (Fsp3) is 0.462. The molecule has 3 aromatic rings. The number of nitrogens with one attached hydrogen (secondary N) is 1. The third-order valence-corrected chi connectivity index (χ3v) is 6.38. The maximum Gasteiger partial charge on any atom is 0.303 e. The van der Waals surface area contributed by atoms with Crippen molar-refractivity contribution in [1.29, 1.82) is 0 Å². The molecule has 8 nitrogen and oxygen atoms in total. The van der Waals surface area contributed by atoms with Gasteiger partial charge in [0.15, 0.2) is 0 Å². The summed E-state index contributed by atoms with van der Waals surface area (Å²) < 4.78 is 11.3. The molecule has 1 aromatic carbocycles. The molecule has 2 aromatic heterocycles. The summed E-state index contributed by atoms with van der Waals surface area (Å²) in [5.74, 6) is 0.0791. The first kappa shape index (κ1) is 25.0. The number of nitrogens with zero attached hydrogens (tertiary/aromatic N) is 2. The molecule has 0 radical (unpaired) electrons. The molecular weight excluding hydrogens is 470 g/mol. The molecule has 2 N–H and O–H groups in total. The molecule has 1 aliphatic carbocycles. The SMILES string of the molecule is Cc1ccc(NC(=O)C[C@H](CCC(=O)O)c2noc(-c3cc(CC(C)C)no3)c2C2CC2)c(Cl)c1. The van der Waals surface area contributed by atoms with E-state index in [4.69, 9.17) is 20.6 Å². The summed E-state index contributed by atoms with van der Waals surface area (Å²) in [5, 5.41) is 21.1. The van der Waals surface area contributed by atoms with E-state index < -0.39 is 11.9 Å². The van der Waals surface area contributed by atoms with E-state index in [1.165, 1.54) is 0 Å². The number of carbonyl (C=O) groups excluding carboxylic acids is 1. The molecule has 2 heterocycles. The van der Waals surface area contributed by atoms with Crippen LogP contribution < -0.4 is 5.32 Å². The van der Waals surface area contributed by atoms with Crippen LogP contribution in [0, 0.1) is 12.8 Å². The molecule has 4 rings (SSSR count). The lowest BCUT2D eigenvalue weighted by atomic mass is 9.90. The predicted molar refractivity (Wildman–Crippen MR) is 132 cm³/mol. The Labute approximate surface area is 209 Å². The van der Waals surface area contributed by atoms with Gasteiger partial charge in [-0.3, -0.25) is 9.59 Å². The Morgan fingerprint density at radius 2 is 1.97 bits per heavy atom. The number of halogens is 1. The second-order valence-corrected chi connectivity index (χ2v) is 10.1. The molecular formula is C26H30ClN3O5. The van der Waals surface area contributed by atoms with Gasteiger partial charge in [0, 0.05) is 30.4 Å². The van der Waals surface area contributed by atoms with E-state index in [9.17, 15) is 14.7 Å². The molecule has 35 heavy (non-hydrogen) atoms. The van der Waals surface area contributed by atoms with Gasteiger partial charge in [0.1, 0.15) is 0 Å². The molecule has 0 bridgehead atoms. The van der Waals surface area contributed by atoms with Crippen LogP contribution in [0.15, 0.2) is 33.3 Å². The lowest BCUT2D eigenvalue weighted by Gasteiger charge is -2.16. The molecule has 0 spiro atoms. The number of aromatic nitrogens is 2. The maximum atomic E-state index is 13.0. The molecule has 0 aliphatic heterocycles. The van der Waals surface area contributed by atoms with Crippen molar-refractivity contribution in [2.24, 2.45) is 5.92 Å². The Morgan fingerprint density at radius 1 is 1.20 bits per heavy atom. The van der Waals surface area contributed by atoms with Gasteiger partial charge in [0.05, 0.1) is 22.1 Å². The van der Waals surface area contributed by atoms with Crippen LogP contribution >= 0.6 is 11.6 Å². The van der Waals surface area contributed by atoms with Crippen molar-refractivity contribution in [2.75, 3.05) is 5.32 Å². The number of hydrogen-bond donors (Lipinski definition) is 2. The normalized spacial score (nSPS) is 14.3. The minimum atomic E-state index is -0.928. The van der Waals surface area contributed by atoms with Crippen LogP contribution in [0.3, 0.4) is 0 Å². The fourth-order valence-corrected chi connectivity index (χ4v) is 4.54. The monoisotopic (exact) mass is 499 g/mol. The largest absolute Gasteiger partial charge is 0.481 e. The molecule has 1 fully saturated rings. The summed E-state index contributed by atoms with van der Waals surface area (Å²) in [6, 6.07) is 7.27. The number of hydrogen-bond acceptors (Lipinski definition) is 6. The van der Waals surface area contributed by atoms with Crippen LogP contribution in [0.4, 0.5) is 5.69 Å². The molecule has 1 saturated carbocycles. The zero-order chi connectivity index (χ0) is 25.1. The number of carboxylic acids is 1. The van der Waals surface area contributed by atoms with Crippen molar-refractivity contribution in [3.8, 4) is 11.5 Å². The Balaban J connectivity index is 1.60. The van der Waals surface area contributed by atoms with Crippen LogP contribution in [0.2, 0.25) is 5.02 Å². The first-order valence-corrected chi connectivity index (χ1v) is 12.3. The van der Waals surface area contributed by atoms with E-state index in [2.05, 4.69) is 29.5 Å². The Kier molecular flexibility index (Phi) is 7.60. The fourth-order valence-electron chi connectivity index (χ4n) is 4.26. The van der Waals surface area contributed by atoms with Gasteiger partial charge in [-0.05, 0) is 62.1 Å². The van der Waals surface area contributed by atoms with Gasteiger partial charge in [-0.1, -0.05) is 41.8 Å². The molecule has 0 saturated heterocycles. The number of amides is 1. The number of aryl methyl sites for hydroxylation is 1. The van der Waals surface area contributed by atoms with Gasteiger partial charge in [-0.15, -0.1) is 0 Å². The van der Waals surface area contributed by atoms with E-state index in [1.54, 1.807) is 12.1 Å². The lowest BCUT2D eigenvalue weighted by Crippen LogP contribution is -2.17. The van der Waals surface area contributed by atoms with E-state index in [-0.39, 0.29) is 31.1 Å². The second-order valence-electron chi connectivity index (χ2n) is 9.73. The Bertz CT molecular complexity index is 1210. The first-order valence-electron chi connectivity index (χ1n) is 11.9. The van der Waals surface area contributed by atoms with Crippen LogP contribution in [0.1, 0.15) is 80.3 Å². The number of rotatable bonds is 11. The van der Waals surface area contributed by atoms with Gasteiger partial charge < -0.3 is 19.5 Å². The topological polar surface area (TPSA) is 118 Å². The van der Waals surface area contributed by atoms with Gasteiger partial charge >= 0.3 is 5.97 Å². The highest BCUT2D eigenvalue weighted by molar-refractivity contribution is 6.33. The molecule has 1 aliphatic rings. The number of benzene rings is 1. The summed E-state index contributed by atoms with van der Waals surface area (Å²) in [6.45, 7) is 6.14. The molecule has 186 valence electrons. The minimum absolute atomic E-state index is 0.0538. The standard InChI is InChI=1S/C26H30ClN3O5/c1-14(2)10-18-13-21(34-29-18)26-24(16-5-6-16)25(30-35-26)17(7-9-23(32)33)12-22(31)28-20-8-4-15(3)11-19(20)27/h4,8,11,13-14,16-17H,5-7,9-10,12H2,1-3H3,(H,28,31)(H,32,33)/t17-/m0/s1. The van der Waals surface area contributed by atoms with E-state index >= 15 is 0 Å². The zero-order valence-corrected chi connectivity index (χ0v) is 20.9. The summed E-state index contributed by atoms with van der Waals surface area (Å²) in [7, 11) is 0. The number of anilines is 1. The quantitative estimate of drug-likeness (QED) is 0.315. The second kappa shape index (κ2) is 10.6. The smallest absolute Gasteiger partial charge is 0.303 e. The van der Waals surface area contributed by atoms with Crippen LogP contribution in [0.25, 0.3) is 11.5 Å². The van der Waals surface area contributed by atoms with Gasteiger partial charge in [0.2, 0.25) is 17.4 Å². The highest BCUT2D eigenvalue weighted by atomic mass is 35.5. The van der Waals surface area contributed by atoms with Crippen molar-refractivity contribution < 1.29 is 23.7 Å². The summed E-state index contributed by atoms with van der Waals surface area (Å²) in [5.41, 5.74) is 3.86.